The zero-order valence-corrected chi connectivity index (χ0v) is 13.7. The molecule has 1 saturated heterocycles. The molecule has 3 rings (SSSR count). The highest BCUT2D eigenvalue weighted by Gasteiger charge is 2.27. The predicted octanol–water partition coefficient (Wildman–Crippen LogP) is 3.94. The summed E-state index contributed by atoms with van der Waals surface area (Å²) in [4.78, 5) is 14.2. The lowest BCUT2D eigenvalue weighted by Crippen LogP contribution is -2.42. The third-order valence-corrected chi connectivity index (χ3v) is 4.45. The van der Waals surface area contributed by atoms with Gasteiger partial charge >= 0.3 is 0 Å². The Morgan fingerprint density at radius 2 is 1.83 bits per heavy atom. The molecule has 0 saturated carbocycles. The van der Waals surface area contributed by atoms with Crippen LogP contribution < -0.4 is 0 Å². The summed E-state index contributed by atoms with van der Waals surface area (Å²) >= 11 is 3.28. The van der Waals surface area contributed by atoms with Crippen molar-refractivity contribution in [2.45, 2.75) is 6.10 Å². The summed E-state index contributed by atoms with van der Waals surface area (Å²) in [7, 11) is 0. The molecule has 1 amide bonds. The smallest absolute Gasteiger partial charge is 0.255 e. The number of nitrogens with zero attached hydrogens (tertiary/aromatic N) is 1. The Morgan fingerprint density at radius 3 is 2.57 bits per heavy atom. The van der Waals surface area contributed by atoms with Crippen molar-refractivity contribution >= 4 is 21.8 Å². The average molecular weight is 382 g/mol. The van der Waals surface area contributed by atoms with Crippen LogP contribution in [0.3, 0.4) is 0 Å². The minimum Gasteiger partial charge on any atom is -0.370 e. The topological polar surface area (TPSA) is 29.5 Å². The van der Waals surface area contributed by atoms with Crippen LogP contribution in [-0.2, 0) is 4.74 Å². The van der Waals surface area contributed by atoms with Gasteiger partial charge in [0.15, 0.2) is 0 Å². The average Bonchev–Trinajstić information content (AvgIpc) is 2.57. The zero-order valence-electron chi connectivity index (χ0n) is 12.1. The summed E-state index contributed by atoms with van der Waals surface area (Å²) < 4.78 is 32.6. The maximum atomic E-state index is 13.4. The van der Waals surface area contributed by atoms with Gasteiger partial charge in [-0.1, -0.05) is 12.1 Å². The van der Waals surface area contributed by atoms with Gasteiger partial charge in [0.1, 0.15) is 17.7 Å². The molecule has 1 aliphatic heterocycles. The largest absolute Gasteiger partial charge is 0.370 e. The highest BCUT2D eigenvalue weighted by molar-refractivity contribution is 9.10. The van der Waals surface area contributed by atoms with E-state index in [-0.39, 0.29) is 23.4 Å². The SMILES string of the molecule is O=C(c1cc(F)ccc1Br)N1CCOC(c2ccc(F)cc2)C1. The monoisotopic (exact) mass is 381 g/mol. The van der Waals surface area contributed by atoms with Crippen molar-refractivity contribution < 1.29 is 18.3 Å². The number of morpholine rings is 1. The van der Waals surface area contributed by atoms with Gasteiger partial charge in [-0.05, 0) is 51.8 Å². The Kier molecular flexibility index (Phi) is 4.73. The van der Waals surface area contributed by atoms with E-state index in [1.54, 1.807) is 17.0 Å². The van der Waals surface area contributed by atoms with Gasteiger partial charge in [0.25, 0.3) is 5.91 Å². The number of carbonyl (C=O) groups is 1. The molecule has 6 heteroatoms. The Bertz CT molecular complexity index is 721. The number of halogens is 3. The van der Waals surface area contributed by atoms with Crippen molar-refractivity contribution in [3.05, 3.63) is 69.7 Å². The van der Waals surface area contributed by atoms with E-state index in [4.69, 9.17) is 4.74 Å². The molecule has 23 heavy (non-hydrogen) atoms. The molecular weight excluding hydrogens is 368 g/mol. The normalized spacial score (nSPS) is 18.0. The molecule has 0 aliphatic carbocycles. The number of ether oxygens (including phenoxy) is 1. The molecule has 2 aromatic rings. The molecule has 1 aliphatic rings. The Balaban J connectivity index is 1.79. The van der Waals surface area contributed by atoms with Crippen LogP contribution in [0, 0.1) is 11.6 Å². The van der Waals surface area contributed by atoms with Crippen LogP contribution in [0.25, 0.3) is 0 Å². The summed E-state index contributed by atoms with van der Waals surface area (Å²) in [6.07, 6.45) is -0.319. The van der Waals surface area contributed by atoms with Crippen molar-refractivity contribution in [3.63, 3.8) is 0 Å². The third kappa shape index (κ3) is 3.59. The molecule has 3 nitrogen and oxygen atoms in total. The number of amides is 1. The van der Waals surface area contributed by atoms with Gasteiger partial charge in [0.05, 0.1) is 18.7 Å². The first-order valence-corrected chi connectivity index (χ1v) is 7.95. The summed E-state index contributed by atoms with van der Waals surface area (Å²) in [5.74, 6) is -1.03. The second-order valence-corrected chi connectivity index (χ2v) is 6.14. The molecule has 0 aromatic heterocycles. The van der Waals surface area contributed by atoms with Crippen LogP contribution in [-0.4, -0.2) is 30.5 Å². The van der Waals surface area contributed by atoms with E-state index in [1.165, 1.54) is 30.3 Å². The summed E-state index contributed by atoms with van der Waals surface area (Å²) in [5, 5.41) is 0. The first-order valence-electron chi connectivity index (χ1n) is 7.16. The highest BCUT2D eigenvalue weighted by Crippen LogP contribution is 2.25. The van der Waals surface area contributed by atoms with E-state index in [9.17, 15) is 13.6 Å². The molecule has 0 bridgehead atoms. The van der Waals surface area contributed by atoms with E-state index in [2.05, 4.69) is 15.9 Å². The van der Waals surface area contributed by atoms with Gasteiger partial charge in [-0.3, -0.25) is 4.79 Å². The van der Waals surface area contributed by atoms with Crippen LogP contribution in [0.5, 0.6) is 0 Å². The van der Waals surface area contributed by atoms with Gasteiger partial charge in [-0.25, -0.2) is 8.78 Å². The molecule has 1 atom stereocenters. The molecule has 0 N–H and O–H groups in total. The van der Waals surface area contributed by atoms with Gasteiger partial charge in [0, 0.05) is 11.0 Å². The van der Waals surface area contributed by atoms with E-state index < -0.39 is 5.82 Å². The highest BCUT2D eigenvalue weighted by atomic mass is 79.9. The molecule has 2 aromatic carbocycles. The van der Waals surface area contributed by atoms with E-state index in [0.717, 1.165) is 5.56 Å². The van der Waals surface area contributed by atoms with Crippen molar-refractivity contribution in [1.82, 2.24) is 4.90 Å². The molecule has 120 valence electrons. The fourth-order valence-corrected chi connectivity index (χ4v) is 2.96. The molecule has 1 unspecified atom stereocenters. The fraction of sp³-hybridized carbons (Fsp3) is 0.235. The van der Waals surface area contributed by atoms with Gasteiger partial charge in [-0.15, -0.1) is 0 Å². The van der Waals surface area contributed by atoms with E-state index in [1.807, 2.05) is 0 Å². The van der Waals surface area contributed by atoms with Crippen molar-refractivity contribution in [2.75, 3.05) is 19.7 Å². The van der Waals surface area contributed by atoms with Gasteiger partial charge in [0.2, 0.25) is 0 Å². The van der Waals surface area contributed by atoms with Crippen LogP contribution >= 0.6 is 15.9 Å². The quantitative estimate of drug-likeness (QED) is 0.788. The van der Waals surface area contributed by atoms with Gasteiger partial charge < -0.3 is 9.64 Å². The fourth-order valence-electron chi connectivity index (χ4n) is 2.54. The lowest BCUT2D eigenvalue weighted by atomic mass is 10.1. The Hall–Kier alpha value is -1.79. The minimum absolute atomic E-state index is 0.258. The lowest BCUT2D eigenvalue weighted by molar-refractivity contribution is -0.0228. The Labute approximate surface area is 141 Å². The van der Waals surface area contributed by atoms with Crippen molar-refractivity contribution in [2.24, 2.45) is 0 Å². The molecule has 1 heterocycles. The molecule has 0 radical (unpaired) electrons. The molecular formula is C17H14BrF2NO2. The van der Waals surface area contributed by atoms with E-state index >= 15 is 0 Å². The standard InChI is InChI=1S/C17H14BrF2NO2/c18-15-6-5-13(20)9-14(15)17(22)21-7-8-23-16(10-21)11-1-3-12(19)4-2-11/h1-6,9,16H,7-8,10H2. The van der Waals surface area contributed by atoms with Crippen molar-refractivity contribution in [1.29, 1.82) is 0 Å². The second kappa shape index (κ2) is 6.76. The summed E-state index contributed by atoms with van der Waals surface area (Å²) in [6.45, 7) is 1.15. The van der Waals surface area contributed by atoms with Crippen LogP contribution in [0.4, 0.5) is 8.78 Å². The first kappa shape index (κ1) is 16.1. The van der Waals surface area contributed by atoms with Crippen molar-refractivity contribution in [3.8, 4) is 0 Å². The maximum absolute atomic E-state index is 13.4. The minimum atomic E-state index is -0.458. The number of benzene rings is 2. The molecule has 0 spiro atoms. The first-order chi connectivity index (χ1) is 11.0. The summed E-state index contributed by atoms with van der Waals surface area (Å²) in [5.41, 5.74) is 1.09. The number of hydrogen-bond donors (Lipinski definition) is 0. The maximum Gasteiger partial charge on any atom is 0.255 e. The zero-order chi connectivity index (χ0) is 16.4. The van der Waals surface area contributed by atoms with Crippen LogP contribution in [0.1, 0.15) is 22.0 Å². The predicted molar refractivity (Wildman–Crippen MR) is 85.1 cm³/mol. The number of rotatable bonds is 2. The van der Waals surface area contributed by atoms with Gasteiger partial charge in [-0.2, -0.15) is 0 Å². The number of hydrogen-bond acceptors (Lipinski definition) is 2. The van der Waals surface area contributed by atoms with E-state index in [0.29, 0.717) is 24.2 Å². The second-order valence-electron chi connectivity index (χ2n) is 5.29. The molecule has 1 fully saturated rings. The lowest BCUT2D eigenvalue weighted by Gasteiger charge is -2.33. The number of carbonyl (C=O) groups excluding carboxylic acids is 1. The summed E-state index contributed by atoms with van der Waals surface area (Å²) in [6, 6.07) is 10.0. The third-order valence-electron chi connectivity index (χ3n) is 3.75. The Morgan fingerprint density at radius 1 is 1.13 bits per heavy atom. The van der Waals surface area contributed by atoms with Crippen LogP contribution in [0.2, 0.25) is 0 Å². The van der Waals surface area contributed by atoms with Crippen LogP contribution in [0.15, 0.2) is 46.9 Å².